The Kier molecular flexibility index (Phi) is 10.5. The van der Waals surface area contributed by atoms with Gasteiger partial charge in [-0.2, -0.15) is 0 Å². The maximum Gasteiger partial charge on any atom is 0.253 e. The van der Waals surface area contributed by atoms with Gasteiger partial charge in [-0.1, -0.05) is 12.1 Å². The highest BCUT2D eigenvalue weighted by Crippen LogP contribution is 2.26. The summed E-state index contributed by atoms with van der Waals surface area (Å²) in [6.45, 7) is 2.05. The van der Waals surface area contributed by atoms with Gasteiger partial charge in [0.25, 0.3) is 5.91 Å². The zero-order valence-corrected chi connectivity index (χ0v) is 21.7. The highest BCUT2D eigenvalue weighted by molar-refractivity contribution is 6.17. The number of carbonyl (C=O) groups is 1. The van der Waals surface area contributed by atoms with Gasteiger partial charge in [0.05, 0.1) is 31.6 Å². The first-order valence-electron chi connectivity index (χ1n) is 12.3. The number of carbonyl (C=O) groups excluding carboxylic acids is 1. The number of nitrogens with two attached hydrogens (primary N) is 1. The molecule has 0 radical (unpaired) electrons. The third-order valence-electron chi connectivity index (χ3n) is 6.44. The second-order valence-electron chi connectivity index (χ2n) is 8.95. The van der Waals surface area contributed by atoms with Crippen molar-refractivity contribution in [1.82, 2.24) is 9.80 Å². The lowest BCUT2D eigenvalue weighted by Crippen LogP contribution is -2.53. The van der Waals surface area contributed by atoms with E-state index >= 15 is 0 Å². The minimum absolute atomic E-state index is 0.0206. The molecule has 0 atom stereocenters. The number of nitrogen functional groups attached to an aromatic ring is 1. The van der Waals surface area contributed by atoms with E-state index in [1.807, 2.05) is 4.90 Å². The number of methoxy groups -OCH3 is 1. The summed E-state index contributed by atoms with van der Waals surface area (Å²) >= 11 is 0. The van der Waals surface area contributed by atoms with E-state index in [2.05, 4.69) is 0 Å². The van der Waals surface area contributed by atoms with Crippen molar-refractivity contribution in [3.63, 3.8) is 0 Å². The van der Waals surface area contributed by atoms with Crippen LogP contribution in [-0.4, -0.2) is 108 Å². The summed E-state index contributed by atoms with van der Waals surface area (Å²) in [6.07, 6.45) is 1.05. The molecule has 12 heteroatoms. The lowest BCUT2D eigenvalue weighted by atomic mass is 10.0. The van der Waals surface area contributed by atoms with E-state index in [0.717, 1.165) is 12.1 Å². The molecular weight excluding hydrogens is 509 g/mol. The molecule has 1 aliphatic rings. The van der Waals surface area contributed by atoms with Crippen LogP contribution in [0.15, 0.2) is 48.2 Å². The number of aliphatic hydroxyl groups is 3. The lowest BCUT2D eigenvalue weighted by Gasteiger charge is -2.38. The zero-order valence-electron chi connectivity index (χ0n) is 21.7. The van der Waals surface area contributed by atoms with Crippen LogP contribution >= 0.6 is 0 Å². The summed E-state index contributed by atoms with van der Waals surface area (Å²) in [6, 6.07) is 8.15. The van der Waals surface area contributed by atoms with Gasteiger partial charge in [-0.25, -0.2) is 4.39 Å². The smallest absolute Gasteiger partial charge is 0.253 e. The number of nitrogens with zero attached hydrogens (tertiary/aromatic N) is 2. The number of nitrogens with one attached hydrogen (secondary N) is 2. The normalized spacial score (nSPS) is 14.5. The minimum atomic E-state index is -0.758. The molecular formula is C27H34FN5O6. The molecule has 1 amide bonds. The molecule has 1 aliphatic heterocycles. The van der Waals surface area contributed by atoms with Crippen LogP contribution < -0.4 is 10.5 Å². The molecule has 0 bridgehead atoms. The van der Waals surface area contributed by atoms with Crippen LogP contribution in [0.3, 0.4) is 0 Å². The molecule has 1 heterocycles. The number of ether oxygens (including phenoxy) is 2. The first-order valence-corrected chi connectivity index (χ1v) is 12.3. The Morgan fingerprint density at radius 1 is 1.08 bits per heavy atom. The Balaban J connectivity index is 1.64. The molecule has 2 aromatic carbocycles. The fourth-order valence-corrected chi connectivity index (χ4v) is 4.12. The van der Waals surface area contributed by atoms with Gasteiger partial charge in [-0.15, -0.1) is 0 Å². The zero-order chi connectivity index (χ0) is 28.5. The Morgan fingerprint density at radius 2 is 1.69 bits per heavy atom. The van der Waals surface area contributed by atoms with Gasteiger partial charge in [-0.3, -0.25) is 15.1 Å². The van der Waals surface area contributed by atoms with E-state index in [1.54, 1.807) is 29.2 Å². The Hall–Kier alpha value is -3.84. The number of hydrogen-bond acceptors (Lipinski definition) is 10. The number of anilines is 1. The largest absolute Gasteiger partial charge is 0.506 e. The van der Waals surface area contributed by atoms with Crippen LogP contribution in [0.4, 0.5) is 10.1 Å². The van der Waals surface area contributed by atoms with Gasteiger partial charge in [0.2, 0.25) is 0 Å². The van der Waals surface area contributed by atoms with Crippen molar-refractivity contribution in [3.8, 4) is 5.75 Å². The van der Waals surface area contributed by atoms with Gasteiger partial charge in [0, 0.05) is 62.2 Å². The first-order chi connectivity index (χ1) is 18.7. The van der Waals surface area contributed by atoms with E-state index < -0.39 is 17.3 Å². The highest BCUT2D eigenvalue weighted by atomic mass is 19.1. The Morgan fingerprint density at radius 3 is 2.28 bits per heavy atom. The topological polar surface area (TPSA) is 176 Å². The lowest BCUT2D eigenvalue weighted by molar-refractivity contribution is 0.0318. The third-order valence-corrected chi connectivity index (χ3v) is 6.44. The predicted molar refractivity (Wildman–Crippen MR) is 144 cm³/mol. The Bertz CT molecular complexity index is 1210. The van der Waals surface area contributed by atoms with Crippen molar-refractivity contribution >= 4 is 23.0 Å². The van der Waals surface area contributed by atoms with Crippen LogP contribution in [0, 0.1) is 16.6 Å². The van der Waals surface area contributed by atoms with E-state index in [9.17, 15) is 24.5 Å². The van der Waals surface area contributed by atoms with Crippen molar-refractivity contribution in [2.24, 2.45) is 0 Å². The van der Waals surface area contributed by atoms with Crippen molar-refractivity contribution in [2.45, 2.75) is 6.04 Å². The maximum atomic E-state index is 14.4. The number of halogens is 1. The summed E-state index contributed by atoms with van der Waals surface area (Å²) in [5.74, 6) is -1.62. The third kappa shape index (κ3) is 7.39. The molecule has 2 aromatic rings. The molecule has 0 spiro atoms. The van der Waals surface area contributed by atoms with Crippen molar-refractivity contribution < 1.29 is 34.0 Å². The van der Waals surface area contributed by atoms with E-state index in [4.69, 9.17) is 26.0 Å². The summed E-state index contributed by atoms with van der Waals surface area (Å²) < 4.78 is 24.5. The van der Waals surface area contributed by atoms with Crippen LogP contribution in [-0.2, 0) is 4.74 Å². The highest BCUT2D eigenvalue weighted by Gasteiger charge is 2.26. The van der Waals surface area contributed by atoms with Gasteiger partial charge >= 0.3 is 0 Å². The second kappa shape index (κ2) is 13.8. The number of aliphatic hydroxyl groups excluding tert-OH is 3. The molecule has 39 heavy (non-hydrogen) atoms. The number of hydrogen-bond donors (Lipinski definition) is 6. The van der Waals surface area contributed by atoms with Crippen LogP contribution in [0.5, 0.6) is 5.75 Å². The molecule has 0 unspecified atom stereocenters. The van der Waals surface area contributed by atoms with Gasteiger partial charge in [0.1, 0.15) is 18.1 Å². The molecule has 0 saturated carbocycles. The van der Waals surface area contributed by atoms with Gasteiger partial charge in [-0.05, 0) is 23.8 Å². The molecule has 0 aromatic heterocycles. The monoisotopic (exact) mass is 543 g/mol. The molecule has 210 valence electrons. The van der Waals surface area contributed by atoms with Crippen molar-refractivity contribution in [3.05, 3.63) is 70.7 Å². The van der Waals surface area contributed by atoms with E-state index in [1.165, 1.54) is 13.2 Å². The first kappa shape index (κ1) is 29.7. The van der Waals surface area contributed by atoms with E-state index in [-0.39, 0.29) is 61.1 Å². The summed E-state index contributed by atoms with van der Waals surface area (Å²) in [7, 11) is 1.48. The molecule has 11 nitrogen and oxygen atoms in total. The van der Waals surface area contributed by atoms with Crippen molar-refractivity contribution in [1.29, 1.82) is 10.8 Å². The van der Waals surface area contributed by atoms with Crippen LogP contribution in [0.1, 0.15) is 21.5 Å². The second-order valence-corrected chi connectivity index (χ2v) is 8.95. The molecule has 7 N–H and O–H groups in total. The standard InChI is InChI=1S/C27H34FN5O6/c1-38-10-11-39-25-14-23(30)20(12-21(25)28)26(31)24(36)13-22(29)17-2-4-18(5-3-17)27(37)33-8-6-32(7-9-33)19(15-34)16-35/h2-5,12-14,19,29,31,34-36H,6-11,15-16,30H2,1H3/b24-13-,29-22?,31-26?. The Labute approximate surface area is 225 Å². The number of rotatable bonds is 12. The fourth-order valence-electron chi connectivity index (χ4n) is 4.12. The minimum Gasteiger partial charge on any atom is -0.506 e. The molecule has 0 aliphatic carbocycles. The maximum absolute atomic E-state index is 14.4. The summed E-state index contributed by atoms with van der Waals surface area (Å²) in [5, 5.41) is 45.7. The van der Waals surface area contributed by atoms with Crippen LogP contribution in [0.2, 0.25) is 0 Å². The molecule has 1 fully saturated rings. The van der Waals surface area contributed by atoms with Gasteiger partial charge in [0.15, 0.2) is 11.6 Å². The quantitative estimate of drug-likeness (QED) is 0.101. The van der Waals surface area contributed by atoms with Crippen molar-refractivity contribution in [2.75, 3.05) is 65.5 Å². The predicted octanol–water partition coefficient (Wildman–Crippen LogP) is 1.42. The number of allylic oxidation sites excluding steroid dienone is 2. The average Bonchev–Trinajstić information content (AvgIpc) is 2.95. The van der Waals surface area contributed by atoms with Crippen LogP contribution in [0.25, 0.3) is 0 Å². The summed E-state index contributed by atoms with van der Waals surface area (Å²) in [5.41, 5.74) is 6.15. The molecule has 3 rings (SSSR count). The number of benzene rings is 2. The average molecular weight is 544 g/mol. The van der Waals surface area contributed by atoms with Gasteiger partial charge < -0.3 is 40.8 Å². The summed E-state index contributed by atoms with van der Waals surface area (Å²) in [4.78, 5) is 16.5. The molecule has 1 saturated heterocycles. The SMILES string of the molecule is COCCOc1cc(N)c(C(=N)/C(O)=C/C(=N)c2ccc(C(=O)N3CCN(C(CO)CO)CC3)cc2)cc1F. The number of amides is 1. The number of piperazine rings is 1. The van der Waals surface area contributed by atoms with E-state index in [0.29, 0.717) is 37.3 Å². The fraction of sp³-hybridized carbons (Fsp3) is 0.370.